The van der Waals surface area contributed by atoms with Crippen LogP contribution in [0.2, 0.25) is 0 Å². The van der Waals surface area contributed by atoms with Crippen molar-refractivity contribution in [3.05, 3.63) is 46.5 Å². The number of benzene rings is 1. The van der Waals surface area contributed by atoms with Crippen LogP contribution >= 0.6 is 15.9 Å². The first kappa shape index (κ1) is 19.5. The normalized spacial score (nSPS) is 17.4. The maximum atomic E-state index is 12.4. The first-order valence-corrected chi connectivity index (χ1v) is 8.71. The van der Waals surface area contributed by atoms with E-state index in [0.717, 1.165) is 24.5 Å². The maximum absolute atomic E-state index is 12.4. The number of carbonyl (C=O) groups is 1. The van der Waals surface area contributed by atoms with Gasteiger partial charge in [-0.1, -0.05) is 6.07 Å². The standard InChI is InChI=1S/C16H15BrF3N5O2/c17-11-5-9(13-8-21-3-4-27-13)1-2-12(11)25-15(26)24-10-6-22-14(23-7-10)16(18,19)20/h1-2,5-7,13,21H,3-4,8H2,(H2,24,25,26)/t13-/m0/s1. The molecule has 1 atom stereocenters. The van der Waals surface area contributed by atoms with E-state index in [2.05, 4.69) is 41.8 Å². The Hall–Kier alpha value is -2.24. The van der Waals surface area contributed by atoms with Crippen molar-refractivity contribution in [1.82, 2.24) is 15.3 Å². The van der Waals surface area contributed by atoms with E-state index in [1.807, 2.05) is 12.1 Å². The maximum Gasteiger partial charge on any atom is 0.451 e. The highest BCUT2D eigenvalue weighted by atomic mass is 79.9. The minimum atomic E-state index is -4.63. The molecule has 1 aliphatic rings. The van der Waals surface area contributed by atoms with Crippen molar-refractivity contribution < 1.29 is 22.7 Å². The lowest BCUT2D eigenvalue weighted by Crippen LogP contribution is -2.33. The van der Waals surface area contributed by atoms with E-state index in [9.17, 15) is 18.0 Å². The highest BCUT2D eigenvalue weighted by molar-refractivity contribution is 9.10. The van der Waals surface area contributed by atoms with Gasteiger partial charge in [0.05, 0.1) is 36.5 Å². The summed E-state index contributed by atoms with van der Waals surface area (Å²) in [5, 5.41) is 8.22. The molecule has 11 heteroatoms. The first-order chi connectivity index (χ1) is 12.8. The van der Waals surface area contributed by atoms with Crippen molar-refractivity contribution in [2.75, 3.05) is 30.3 Å². The first-order valence-electron chi connectivity index (χ1n) is 7.92. The molecule has 7 nitrogen and oxygen atoms in total. The van der Waals surface area contributed by atoms with E-state index in [0.29, 0.717) is 23.3 Å². The zero-order valence-electron chi connectivity index (χ0n) is 13.8. The van der Waals surface area contributed by atoms with Gasteiger partial charge < -0.3 is 20.7 Å². The average molecular weight is 446 g/mol. The Balaban J connectivity index is 1.62. The number of urea groups is 1. The van der Waals surface area contributed by atoms with Crippen molar-refractivity contribution in [3.8, 4) is 0 Å². The molecule has 2 amide bonds. The van der Waals surface area contributed by atoms with Crippen molar-refractivity contribution >= 4 is 33.3 Å². The molecule has 0 unspecified atom stereocenters. The number of anilines is 2. The number of morpholine rings is 1. The summed E-state index contributed by atoms with van der Waals surface area (Å²) in [4.78, 5) is 18.4. The SMILES string of the molecule is O=C(Nc1cnc(C(F)(F)F)nc1)Nc1ccc([C@@H]2CNCCO2)cc1Br. The van der Waals surface area contributed by atoms with E-state index in [1.165, 1.54) is 0 Å². The summed E-state index contributed by atoms with van der Waals surface area (Å²) < 4.78 is 43.6. The smallest absolute Gasteiger partial charge is 0.371 e. The molecule has 27 heavy (non-hydrogen) atoms. The van der Waals surface area contributed by atoms with Crippen LogP contribution in [0.4, 0.5) is 29.3 Å². The van der Waals surface area contributed by atoms with Crippen molar-refractivity contribution in [2.45, 2.75) is 12.3 Å². The number of hydrogen-bond donors (Lipinski definition) is 3. The van der Waals surface area contributed by atoms with E-state index in [1.54, 1.807) is 6.07 Å². The number of alkyl halides is 3. The van der Waals surface area contributed by atoms with Gasteiger partial charge in [-0.15, -0.1) is 0 Å². The Labute approximate surface area is 160 Å². The van der Waals surface area contributed by atoms with E-state index < -0.39 is 18.0 Å². The van der Waals surface area contributed by atoms with Gasteiger partial charge >= 0.3 is 12.2 Å². The molecule has 2 heterocycles. The van der Waals surface area contributed by atoms with Crippen molar-refractivity contribution in [2.24, 2.45) is 0 Å². The quantitative estimate of drug-likeness (QED) is 0.671. The van der Waals surface area contributed by atoms with Gasteiger partial charge in [0.2, 0.25) is 5.82 Å². The number of rotatable bonds is 3. The molecule has 144 valence electrons. The highest BCUT2D eigenvalue weighted by Gasteiger charge is 2.34. The molecular weight excluding hydrogens is 431 g/mol. The number of nitrogens with one attached hydrogen (secondary N) is 3. The molecule has 1 aromatic carbocycles. The number of aromatic nitrogens is 2. The average Bonchev–Trinajstić information content (AvgIpc) is 2.64. The minimum absolute atomic E-state index is 0.0370. The molecule has 0 radical (unpaired) electrons. The minimum Gasteiger partial charge on any atom is -0.371 e. The van der Waals surface area contributed by atoms with Gasteiger partial charge in [0.25, 0.3) is 0 Å². The number of hydrogen-bond acceptors (Lipinski definition) is 5. The number of amides is 2. The van der Waals surface area contributed by atoms with Crippen molar-refractivity contribution in [1.29, 1.82) is 0 Å². The van der Waals surface area contributed by atoms with Crippen LogP contribution in [0.1, 0.15) is 17.5 Å². The van der Waals surface area contributed by atoms with Crippen LogP contribution in [0.15, 0.2) is 35.1 Å². The molecule has 0 spiro atoms. The zero-order chi connectivity index (χ0) is 19.4. The largest absolute Gasteiger partial charge is 0.451 e. The van der Waals surface area contributed by atoms with Gasteiger partial charge in [-0.3, -0.25) is 0 Å². The Morgan fingerprint density at radius 1 is 1.26 bits per heavy atom. The monoisotopic (exact) mass is 445 g/mol. The van der Waals surface area contributed by atoms with Gasteiger partial charge in [0.15, 0.2) is 0 Å². The van der Waals surface area contributed by atoms with E-state index in [4.69, 9.17) is 4.74 Å². The third-order valence-electron chi connectivity index (χ3n) is 3.70. The molecule has 2 aromatic rings. The van der Waals surface area contributed by atoms with Crippen LogP contribution in [0.25, 0.3) is 0 Å². The molecule has 3 rings (SSSR count). The second-order valence-electron chi connectivity index (χ2n) is 5.68. The molecule has 1 saturated heterocycles. The van der Waals surface area contributed by atoms with Crippen LogP contribution < -0.4 is 16.0 Å². The molecule has 1 aliphatic heterocycles. The lowest BCUT2D eigenvalue weighted by Gasteiger charge is -2.24. The van der Waals surface area contributed by atoms with Gasteiger partial charge in [0, 0.05) is 17.6 Å². The van der Waals surface area contributed by atoms with Crippen LogP contribution in [0, 0.1) is 0 Å². The van der Waals surface area contributed by atoms with E-state index >= 15 is 0 Å². The summed E-state index contributed by atoms with van der Waals surface area (Å²) in [7, 11) is 0. The predicted octanol–water partition coefficient (Wildman–Crippen LogP) is 3.56. The zero-order valence-corrected chi connectivity index (χ0v) is 15.4. The molecule has 0 saturated carbocycles. The summed E-state index contributed by atoms with van der Waals surface area (Å²) in [6.07, 6.45) is -2.92. The predicted molar refractivity (Wildman–Crippen MR) is 95.4 cm³/mol. The molecule has 3 N–H and O–H groups in total. The highest BCUT2D eigenvalue weighted by Crippen LogP contribution is 2.29. The summed E-state index contributed by atoms with van der Waals surface area (Å²) >= 11 is 3.39. The van der Waals surface area contributed by atoms with Crippen LogP contribution in [0.3, 0.4) is 0 Å². The number of carbonyl (C=O) groups excluding carboxylic acids is 1. The van der Waals surface area contributed by atoms with Crippen LogP contribution in [-0.2, 0) is 10.9 Å². The topological polar surface area (TPSA) is 88.2 Å². The molecule has 1 aromatic heterocycles. The number of ether oxygens (including phenoxy) is 1. The van der Waals surface area contributed by atoms with Gasteiger partial charge in [-0.2, -0.15) is 13.2 Å². The Kier molecular flexibility index (Phi) is 5.92. The Morgan fingerprint density at radius 2 is 2.00 bits per heavy atom. The number of nitrogens with zero attached hydrogens (tertiary/aromatic N) is 2. The van der Waals surface area contributed by atoms with Crippen LogP contribution in [0.5, 0.6) is 0 Å². The molecule has 0 aliphatic carbocycles. The van der Waals surface area contributed by atoms with Gasteiger partial charge in [0.1, 0.15) is 0 Å². The summed E-state index contributed by atoms with van der Waals surface area (Å²) in [6, 6.07) is 4.75. The lowest BCUT2D eigenvalue weighted by molar-refractivity contribution is -0.144. The fraction of sp³-hybridized carbons (Fsp3) is 0.312. The second kappa shape index (κ2) is 8.19. The third-order valence-corrected chi connectivity index (χ3v) is 4.36. The molecule has 1 fully saturated rings. The summed E-state index contributed by atoms with van der Waals surface area (Å²) in [6.45, 7) is 2.14. The third kappa shape index (κ3) is 5.15. The second-order valence-corrected chi connectivity index (χ2v) is 6.53. The Morgan fingerprint density at radius 3 is 2.59 bits per heavy atom. The lowest BCUT2D eigenvalue weighted by atomic mass is 10.1. The fourth-order valence-corrected chi connectivity index (χ4v) is 2.93. The molecule has 0 bridgehead atoms. The van der Waals surface area contributed by atoms with E-state index in [-0.39, 0.29) is 11.8 Å². The van der Waals surface area contributed by atoms with Crippen molar-refractivity contribution in [3.63, 3.8) is 0 Å². The summed E-state index contributed by atoms with van der Waals surface area (Å²) in [5.74, 6) is -1.27. The molecular formula is C16H15BrF3N5O2. The Bertz CT molecular complexity index is 811. The van der Waals surface area contributed by atoms with Gasteiger partial charge in [-0.05, 0) is 33.6 Å². The van der Waals surface area contributed by atoms with Crippen LogP contribution in [-0.4, -0.2) is 35.7 Å². The number of halogens is 4. The summed E-state index contributed by atoms with van der Waals surface area (Å²) in [5.41, 5.74) is 1.49. The fourth-order valence-electron chi connectivity index (χ4n) is 2.44. The van der Waals surface area contributed by atoms with Gasteiger partial charge in [-0.25, -0.2) is 14.8 Å².